The Morgan fingerprint density at radius 1 is 0.234 bits per heavy atom. The fourth-order valence-electron chi connectivity index (χ4n) is 10.4. The van der Waals surface area contributed by atoms with Crippen LogP contribution in [0.15, 0.2) is 23.0 Å². The summed E-state index contributed by atoms with van der Waals surface area (Å²) in [7, 11) is 0. The monoisotopic (exact) mass is 1090 g/mol. The first kappa shape index (κ1) is 75.6. The SMILES string of the molecule is CCCCCCCCCCC(OCCCCCCCC)=C(OCCCCCCCC)C(CCCCC)OCOCOC(CCCCC)C(OCCCCCCCC)=C(CCCCCCCCCC)OCCCCCCCC. The third-order valence-electron chi connectivity index (χ3n) is 15.6. The number of rotatable bonds is 66. The molecule has 0 aliphatic rings. The molecule has 0 aromatic rings. The molecule has 0 aromatic heterocycles. The lowest BCUT2D eigenvalue weighted by atomic mass is 10.0. The molecule has 460 valence electrons. The summed E-state index contributed by atoms with van der Waals surface area (Å²) in [5.74, 6) is 3.94. The van der Waals surface area contributed by atoms with Crippen molar-refractivity contribution in [2.75, 3.05) is 40.0 Å². The van der Waals surface area contributed by atoms with E-state index in [9.17, 15) is 0 Å². The Hall–Kier alpha value is -1.44. The molecular formula is C70H138O7. The van der Waals surface area contributed by atoms with E-state index in [1.54, 1.807) is 0 Å². The molecule has 2 atom stereocenters. The minimum absolute atomic E-state index is 0.141. The standard InChI is InChI=1S/C70H138O7/c1-9-17-25-31-37-39-41-49-57-65(72-59-51-43-33-27-19-11-3)69(74-61-53-45-35-29-21-13-5)67(55-47-23-15-7)76-63-71-64-77-68(56-48-24-16-8)70(75-62-54-46-36-30-22-14-6)66(73-60-52-44-34-28-20-12-4)58-50-42-40-38-32-26-18-10-2/h67-68H,9-64H2,1-8H3. The van der Waals surface area contributed by atoms with Gasteiger partial charge < -0.3 is 33.2 Å². The second-order valence-electron chi connectivity index (χ2n) is 23.2. The quantitative estimate of drug-likeness (QED) is 0.0342. The van der Waals surface area contributed by atoms with E-state index in [1.807, 2.05) is 0 Å². The van der Waals surface area contributed by atoms with Crippen molar-refractivity contribution in [2.24, 2.45) is 0 Å². The van der Waals surface area contributed by atoms with Crippen molar-refractivity contribution in [2.45, 2.75) is 389 Å². The maximum atomic E-state index is 6.96. The van der Waals surface area contributed by atoms with Crippen LogP contribution in [0.25, 0.3) is 0 Å². The third kappa shape index (κ3) is 50.1. The predicted octanol–water partition coefficient (Wildman–Crippen LogP) is 23.8. The summed E-state index contributed by atoms with van der Waals surface area (Å²) in [6.45, 7) is 21.5. The zero-order chi connectivity index (χ0) is 56.0. The summed E-state index contributed by atoms with van der Waals surface area (Å²) in [6, 6.07) is 0. The molecule has 7 heteroatoms. The Kier molecular flexibility index (Phi) is 62.5. The van der Waals surface area contributed by atoms with Gasteiger partial charge in [-0.05, 0) is 51.4 Å². The zero-order valence-corrected chi connectivity index (χ0v) is 53.6. The summed E-state index contributed by atoms with van der Waals surface area (Å²) in [4.78, 5) is 0. The zero-order valence-electron chi connectivity index (χ0n) is 53.6. The fraction of sp³-hybridized carbons (Fsp3) is 0.943. The Morgan fingerprint density at radius 3 is 0.727 bits per heavy atom. The molecule has 0 fully saturated rings. The molecule has 0 saturated carbocycles. The average Bonchev–Trinajstić information content (AvgIpc) is 3.44. The smallest absolute Gasteiger partial charge is 0.162 e. The number of unbranched alkanes of at least 4 members (excludes halogenated alkanes) is 38. The second-order valence-corrected chi connectivity index (χ2v) is 23.2. The van der Waals surface area contributed by atoms with Crippen molar-refractivity contribution in [1.82, 2.24) is 0 Å². The molecule has 7 nitrogen and oxygen atoms in total. The van der Waals surface area contributed by atoms with Crippen LogP contribution in [0.4, 0.5) is 0 Å². The first-order valence-electron chi connectivity index (χ1n) is 34.9. The molecule has 0 N–H and O–H groups in total. The van der Waals surface area contributed by atoms with Crippen LogP contribution in [-0.4, -0.2) is 52.2 Å². The van der Waals surface area contributed by atoms with Gasteiger partial charge in [0.25, 0.3) is 0 Å². The molecular weight excluding hydrogens is 953 g/mol. The minimum atomic E-state index is -0.222. The molecule has 0 aromatic carbocycles. The summed E-state index contributed by atoms with van der Waals surface area (Å²) in [5, 5.41) is 0. The van der Waals surface area contributed by atoms with Crippen molar-refractivity contribution in [3.05, 3.63) is 23.0 Å². The van der Waals surface area contributed by atoms with Crippen LogP contribution in [0.1, 0.15) is 376 Å². The maximum absolute atomic E-state index is 6.96. The predicted molar refractivity (Wildman–Crippen MR) is 335 cm³/mol. The maximum Gasteiger partial charge on any atom is 0.162 e. The molecule has 0 radical (unpaired) electrons. The Bertz CT molecular complexity index is 1110. The molecule has 0 saturated heterocycles. The third-order valence-corrected chi connectivity index (χ3v) is 15.6. The van der Waals surface area contributed by atoms with Crippen molar-refractivity contribution < 1.29 is 33.2 Å². The normalized spacial score (nSPS) is 13.2. The molecule has 0 amide bonds. The van der Waals surface area contributed by atoms with Gasteiger partial charge in [0.05, 0.1) is 26.4 Å². The van der Waals surface area contributed by atoms with Gasteiger partial charge in [-0.25, -0.2) is 0 Å². The van der Waals surface area contributed by atoms with Gasteiger partial charge in [0.2, 0.25) is 0 Å². The van der Waals surface area contributed by atoms with Gasteiger partial charge in [-0.3, -0.25) is 0 Å². The van der Waals surface area contributed by atoms with Crippen LogP contribution >= 0.6 is 0 Å². The van der Waals surface area contributed by atoms with E-state index in [-0.39, 0.29) is 25.8 Å². The largest absolute Gasteiger partial charge is 0.494 e. The molecule has 0 heterocycles. The summed E-state index contributed by atoms with van der Waals surface area (Å²) in [5.41, 5.74) is 0. The van der Waals surface area contributed by atoms with Gasteiger partial charge in [0.15, 0.2) is 25.1 Å². The van der Waals surface area contributed by atoms with E-state index < -0.39 is 0 Å². The van der Waals surface area contributed by atoms with Crippen LogP contribution in [0, 0.1) is 0 Å². The van der Waals surface area contributed by atoms with Gasteiger partial charge in [0.1, 0.15) is 23.7 Å². The fourth-order valence-corrected chi connectivity index (χ4v) is 10.4. The van der Waals surface area contributed by atoms with E-state index in [2.05, 4.69) is 55.4 Å². The van der Waals surface area contributed by atoms with E-state index in [0.29, 0.717) is 13.2 Å². The summed E-state index contributed by atoms with van der Waals surface area (Å²) < 4.78 is 47.9. The highest BCUT2D eigenvalue weighted by atomic mass is 16.7. The van der Waals surface area contributed by atoms with Gasteiger partial charge in [-0.15, -0.1) is 0 Å². The van der Waals surface area contributed by atoms with Crippen molar-refractivity contribution >= 4 is 0 Å². The first-order valence-corrected chi connectivity index (χ1v) is 34.9. The number of ether oxygens (including phenoxy) is 7. The summed E-state index contributed by atoms with van der Waals surface area (Å²) in [6.07, 6.45) is 60.5. The number of hydrogen-bond donors (Lipinski definition) is 0. The van der Waals surface area contributed by atoms with Crippen molar-refractivity contribution in [3.63, 3.8) is 0 Å². The minimum Gasteiger partial charge on any atom is -0.494 e. The van der Waals surface area contributed by atoms with Gasteiger partial charge in [-0.2, -0.15) is 0 Å². The van der Waals surface area contributed by atoms with Gasteiger partial charge in [-0.1, -0.05) is 312 Å². The lowest BCUT2D eigenvalue weighted by Crippen LogP contribution is -2.25. The van der Waals surface area contributed by atoms with Crippen LogP contribution < -0.4 is 0 Å². The van der Waals surface area contributed by atoms with E-state index in [1.165, 1.54) is 218 Å². The Labute approximate surface area is 482 Å². The molecule has 0 bridgehead atoms. The summed E-state index contributed by atoms with van der Waals surface area (Å²) >= 11 is 0. The highest BCUT2D eigenvalue weighted by Crippen LogP contribution is 2.29. The van der Waals surface area contributed by atoms with Gasteiger partial charge in [0, 0.05) is 12.8 Å². The molecule has 77 heavy (non-hydrogen) atoms. The van der Waals surface area contributed by atoms with Crippen molar-refractivity contribution in [3.8, 4) is 0 Å². The molecule has 0 aliphatic carbocycles. The van der Waals surface area contributed by atoms with Crippen LogP contribution in [0.2, 0.25) is 0 Å². The van der Waals surface area contributed by atoms with E-state index in [4.69, 9.17) is 33.2 Å². The molecule has 2 unspecified atom stereocenters. The highest BCUT2D eigenvalue weighted by molar-refractivity contribution is 5.09. The lowest BCUT2D eigenvalue weighted by Gasteiger charge is -2.26. The lowest BCUT2D eigenvalue weighted by molar-refractivity contribution is -0.167. The topological polar surface area (TPSA) is 64.6 Å². The Balaban J connectivity index is 6.77. The van der Waals surface area contributed by atoms with E-state index >= 15 is 0 Å². The van der Waals surface area contributed by atoms with Crippen molar-refractivity contribution in [1.29, 1.82) is 0 Å². The number of allylic oxidation sites excluding steroid dienone is 2. The Morgan fingerprint density at radius 2 is 0.455 bits per heavy atom. The first-order chi connectivity index (χ1) is 38.1. The van der Waals surface area contributed by atoms with Crippen LogP contribution in [-0.2, 0) is 33.2 Å². The van der Waals surface area contributed by atoms with Gasteiger partial charge >= 0.3 is 0 Å². The van der Waals surface area contributed by atoms with Crippen LogP contribution in [0.5, 0.6) is 0 Å². The molecule has 0 spiro atoms. The second kappa shape index (κ2) is 63.7. The highest BCUT2D eigenvalue weighted by Gasteiger charge is 2.25. The number of hydrogen-bond acceptors (Lipinski definition) is 7. The van der Waals surface area contributed by atoms with Crippen LogP contribution in [0.3, 0.4) is 0 Å². The average molecular weight is 1090 g/mol. The molecule has 0 rings (SSSR count). The van der Waals surface area contributed by atoms with E-state index in [0.717, 1.165) is 139 Å². The molecule has 0 aliphatic heterocycles.